The SMILES string of the molecule is COc1ccc(S(=O)(=O)N2CCN(C(=O)c3cccn3C)CC2)cc1. The molecule has 1 aromatic heterocycles. The Labute approximate surface area is 147 Å². The number of aryl methyl sites for hydroxylation is 1. The number of amides is 1. The van der Waals surface area contributed by atoms with E-state index >= 15 is 0 Å². The molecule has 0 bridgehead atoms. The summed E-state index contributed by atoms with van der Waals surface area (Å²) in [4.78, 5) is 14.4. The van der Waals surface area contributed by atoms with Crippen molar-refractivity contribution in [1.82, 2.24) is 13.8 Å². The van der Waals surface area contributed by atoms with E-state index in [1.807, 2.05) is 19.3 Å². The number of nitrogens with zero attached hydrogens (tertiary/aromatic N) is 3. The number of hydrogen-bond donors (Lipinski definition) is 0. The Bertz CT molecular complexity index is 850. The lowest BCUT2D eigenvalue weighted by atomic mass is 10.3. The van der Waals surface area contributed by atoms with E-state index in [9.17, 15) is 13.2 Å². The summed E-state index contributed by atoms with van der Waals surface area (Å²) < 4.78 is 33.7. The molecule has 0 unspecified atom stereocenters. The number of carbonyl (C=O) groups is 1. The molecule has 2 aromatic rings. The molecule has 8 heteroatoms. The quantitative estimate of drug-likeness (QED) is 0.818. The number of sulfonamides is 1. The molecule has 1 saturated heterocycles. The summed E-state index contributed by atoms with van der Waals surface area (Å²) in [5.74, 6) is 0.533. The van der Waals surface area contributed by atoms with Gasteiger partial charge in [-0.2, -0.15) is 4.31 Å². The number of piperazine rings is 1. The molecule has 1 fully saturated rings. The highest BCUT2D eigenvalue weighted by atomic mass is 32.2. The van der Waals surface area contributed by atoms with Crippen molar-refractivity contribution in [3.8, 4) is 5.75 Å². The maximum atomic E-state index is 12.7. The van der Waals surface area contributed by atoms with Gasteiger partial charge in [0.2, 0.25) is 10.0 Å². The summed E-state index contributed by atoms with van der Waals surface area (Å²) in [6.07, 6.45) is 1.82. The summed E-state index contributed by atoms with van der Waals surface area (Å²) in [6.45, 7) is 1.31. The predicted molar refractivity (Wildman–Crippen MR) is 93.1 cm³/mol. The van der Waals surface area contributed by atoms with Gasteiger partial charge in [-0.15, -0.1) is 0 Å². The molecule has 1 aromatic carbocycles. The molecule has 0 atom stereocenters. The van der Waals surface area contributed by atoms with Crippen LogP contribution in [-0.4, -0.2) is 61.4 Å². The Morgan fingerprint density at radius 2 is 1.68 bits per heavy atom. The van der Waals surface area contributed by atoms with E-state index < -0.39 is 10.0 Å². The number of hydrogen-bond acceptors (Lipinski definition) is 4. The summed E-state index contributed by atoms with van der Waals surface area (Å²) in [5.41, 5.74) is 0.603. The van der Waals surface area contributed by atoms with Crippen molar-refractivity contribution >= 4 is 15.9 Å². The van der Waals surface area contributed by atoms with Gasteiger partial charge >= 0.3 is 0 Å². The Hall–Kier alpha value is -2.32. The number of rotatable bonds is 4. The minimum atomic E-state index is -3.56. The van der Waals surface area contributed by atoms with E-state index in [4.69, 9.17) is 4.74 Å². The van der Waals surface area contributed by atoms with E-state index in [1.54, 1.807) is 27.7 Å². The number of aromatic nitrogens is 1. The molecule has 1 amide bonds. The molecule has 0 aliphatic carbocycles. The molecule has 0 saturated carbocycles. The molecule has 1 aliphatic rings. The van der Waals surface area contributed by atoms with Crippen LogP contribution in [0, 0.1) is 0 Å². The van der Waals surface area contributed by atoms with Crippen LogP contribution in [0.15, 0.2) is 47.5 Å². The lowest BCUT2D eigenvalue weighted by Gasteiger charge is -2.34. The molecule has 25 heavy (non-hydrogen) atoms. The minimum Gasteiger partial charge on any atom is -0.497 e. The molecule has 0 N–H and O–H groups in total. The Kier molecular flexibility index (Phi) is 4.82. The van der Waals surface area contributed by atoms with Gasteiger partial charge in [-0.1, -0.05) is 0 Å². The minimum absolute atomic E-state index is 0.0750. The molecule has 7 nitrogen and oxygen atoms in total. The average Bonchev–Trinajstić information content (AvgIpc) is 3.07. The molecular formula is C17H21N3O4S. The van der Waals surface area contributed by atoms with Crippen LogP contribution < -0.4 is 4.74 Å². The summed E-state index contributed by atoms with van der Waals surface area (Å²) in [7, 11) is -0.212. The van der Waals surface area contributed by atoms with Crippen LogP contribution in [0.2, 0.25) is 0 Å². The lowest BCUT2D eigenvalue weighted by Crippen LogP contribution is -2.50. The molecule has 0 radical (unpaired) electrons. The van der Waals surface area contributed by atoms with E-state index in [0.29, 0.717) is 24.5 Å². The maximum absolute atomic E-state index is 12.7. The second kappa shape index (κ2) is 6.89. The molecule has 3 rings (SSSR count). The van der Waals surface area contributed by atoms with E-state index in [0.717, 1.165) is 0 Å². The molecule has 2 heterocycles. The van der Waals surface area contributed by atoms with Crippen LogP contribution in [0.4, 0.5) is 0 Å². The van der Waals surface area contributed by atoms with Crippen LogP contribution >= 0.6 is 0 Å². The van der Waals surface area contributed by atoms with E-state index in [-0.39, 0.29) is 23.9 Å². The third kappa shape index (κ3) is 3.40. The Morgan fingerprint density at radius 1 is 1.04 bits per heavy atom. The van der Waals surface area contributed by atoms with Crippen LogP contribution in [0.25, 0.3) is 0 Å². The maximum Gasteiger partial charge on any atom is 0.270 e. The van der Waals surface area contributed by atoms with Crippen molar-refractivity contribution < 1.29 is 17.9 Å². The lowest BCUT2D eigenvalue weighted by molar-refractivity contribution is 0.0688. The normalized spacial score (nSPS) is 16.0. The second-order valence-corrected chi connectivity index (χ2v) is 7.81. The first kappa shape index (κ1) is 17.5. The van der Waals surface area contributed by atoms with Crippen LogP contribution in [0.1, 0.15) is 10.5 Å². The number of methoxy groups -OCH3 is 1. The van der Waals surface area contributed by atoms with Crippen molar-refractivity contribution in [2.24, 2.45) is 7.05 Å². The van der Waals surface area contributed by atoms with Gasteiger partial charge in [0.15, 0.2) is 0 Å². The van der Waals surface area contributed by atoms with E-state index in [1.165, 1.54) is 23.5 Å². The van der Waals surface area contributed by atoms with Gasteiger partial charge in [0.1, 0.15) is 11.4 Å². The molecular weight excluding hydrogens is 342 g/mol. The smallest absolute Gasteiger partial charge is 0.270 e. The first-order valence-electron chi connectivity index (χ1n) is 7.98. The molecule has 0 spiro atoms. The number of ether oxygens (including phenoxy) is 1. The van der Waals surface area contributed by atoms with Gasteiger partial charge in [-0.25, -0.2) is 8.42 Å². The third-order valence-electron chi connectivity index (χ3n) is 4.39. The largest absolute Gasteiger partial charge is 0.497 e. The fraction of sp³-hybridized carbons (Fsp3) is 0.353. The van der Waals surface area contributed by atoms with Crippen molar-refractivity contribution in [2.45, 2.75) is 4.90 Å². The van der Waals surface area contributed by atoms with Crippen LogP contribution in [-0.2, 0) is 17.1 Å². The van der Waals surface area contributed by atoms with Crippen molar-refractivity contribution in [1.29, 1.82) is 0 Å². The van der Waals surface area contributed by atoms with Gasteiger partial charge < -0.3 is 14.2 Å². The average molecular weight is 363 g/mol. The van der Waals surface area contributed by atoms with Crippen molar-refractivity contribution in [3.05, 3.63) is 48.3 Å². The standard InChI is InChI=1S/C17H21N3O4S/c1-18-9-3-4-16(18)17(21)19-10-12-20(13-11-19)25(22,23)15-7-5-14(24-2)6-8-15/h3-9H,10-13H2,1-2H3. The zero-order chi connectivity index (χ0) is 18.0. The topological polar surface area (TPSA) is 71.9 Å². The highest BCUT2D eigenvalue weighted by Gasteiger charge is 2.30. The van der Waals surface area contributed by atoms with Crippen LogP contribution in [0.5, 0.6) is 5.75 Å². The zero-order valence-electron chi connectivity index (χ0n) is 14.3. The number of carbonyl (C=O) groups excluding carboxylic acids is 1. The van der Waals surface area contributed by atoms with Crippen molar-refractivity contribution in [3.63, 3.8) is 0 Å². The van der Waals surface area contributed by atoms with Gasteiger partial charge in [0.25, 0.3) is 5.91 Å². The summed E-state index contributed by atoms with van der Waals surface area (Å²) >= 11 is 0. The van der Waals surface area contributed by atoms with Gasteiger partial charge in [-0.05, 0) is 36.4 Å². The van der Waals surface area contributed by atoms with Crippen molar-refractivity contribution in [2.75, 3.05) is 33.3 Å². The summed E-state index contributed by atoms with van der Waals surface area (Å²) in [6, 6.07) is 9.91. The van der Waals surface area contributed by atoms with Gasteiger partial charge in [-0.3, -0.25) is 4.79 Å². The highest BCUT2D eigenvalue weighted by Crippen LogP contribution is 2.21. The first-order valence-corrected chi connectivity index (χ1v) is 9.42. The monoisotopic (exact) mass is 363 g/mol. The first-order chi connectivity index (χ1) is 11.9. The fourth-order valence-corrected chi connectivity index (χ4v) is 4.30. The van der Waals surface area contributed by atoms with Gasteiger partial charge in [0, 0.05) is 39.4 Å². The highest BCUT2D eigenvalue weighted by molar-refractivity contribution is 7.89. The third-order valence-corrected chi connectivity index (χ3v) is 6.30. The summed E-state index contributed by atoms with van der Waals surface area (Å²) in [5, 5.41) is 0. The number of benzene rings is 1. The predicted octanol–water partition coefficient (Wildman–Crippen LogP) is 1.18. The Balaban J connectivity index is 1.68. The second-order valence-electron chi connectivity index (χ2n) is 5.88. The zero-order valence-corrected chi connectivity index (χ0v) is 15.1. The fourth-order valence-electron chi connectivity index (χ4n) is 2.87. The van der Waals surface area contributed by atoms with Crippen LogP contribution in [0.3, 0.4) is 0 Å². The van der Waals surface area contributed by atoms with E-state index in [2.05, 4.69) is 0 Å². The molecule has 134 valence electrons. The molecule has 1 aliphatic heterocycles. The Morgan fingerprint density at radius 3 is 2.20 bits per heavy atom. The van der Waals surface area contributed by atoms with Gasteiger partial charge in [0.05, 0.1) is 12.0 Å².